The van der Waals surface area contributed by atoms with E-state index in [0.29, 0.717) is 6.04 Å². The molecule has 0 bridgehead atoms. The van der Waals surface area contributed by atoms with Gasteiger partial charge in [-0.1, -0.05) is 0 Å². The first-order valence-electron chi connectivity index (χ1n) is 7.96. The van der Waals surface area contributed by atoms with E-state index < -0.39 is 0 Å². The van der Waals surface area contributed by atoms with E-state index in [-0.39, 0.29) is 5.79 Å². The Bertz CT molecular complexity index is 282. The summed E-state index contributed by atoms with van der Waals surface area (Å²) in [5, 5.41) is 3.78. The zero-order valence-corrected chi connectivity index (χ0v) is 12.2. The lowest BCUT2D eigenvalue weighted by Crippen LogP contribution is -2.45. The molecule has 0 radical (unpaired) electrons. The molecule has 3 aliphatic rings. The van der Waals surface area contributed by atoms with E-state index in [1.165, 1.54) is 45.3 Å². The SMILES string of the molecule is CN1CCCC(CNC2CCC3(CC2)OCCO3)C1. The van der Waals surface area contributed by atoms with E-state index in [1.807, 2.05) is 0 Å². The summed E-state index contributed by atoms with van der Waals surface area (Å²) in [6.45, 7) is 5.29. The van der Waals surface area contributed by atoms with Gasteiger partial charge in [-0.05, 0) is 51.7 Å². The number of likely N-dealkylation sites (tertiary alicyclic amines) is 1. The third-order valence-electron chi connectivity index (χ3n) is 4.98. The molecule has 1 spiro atoms. The van der Waals surface area contributed by atoms with Crippen molar-refractivity contribution in [2.75, 3.05) is 39.9 Å². The Hall–Kier alpha value is -0.160. The lowest BCUT2D eigenvalue weighted by Gasteiger charge is -2.37. The molecule has 4 heteroatoms. The number of hydrogen-bond donors (Lipinski definition) is 1. The van der Waals surface area contributed by atoms with Crippen LogP contribution in [0.3, 0.4) is 0 Å². The fraction of sp³-hybridized carbons (Fsp3) is 1.00. The maximum Gasteiger partial charge on any atom is 0.168 e. The van der Waals surface area contributed by atoms with Crippen molar-refractivity contribution >= 4 is 0 Å². The van der Waals surface area contributed by atoms with Crippen LogP contribution in [0.25, 0.3) is 0 Å². The minimum absolute atomic E-state index is 0.205. The first-order valence-corrected chi connectivity index (χ1v) is 7.96. The molecule has 3 rings (SSSR count). The molecule has 2 saturated heterocycles. The summed E-state index contributed by atoms with van der Waals surface area (Å²) in [6, 6.07) is 0.672. The van der Waals surface area contributed by atoms with Crippen LogP contribution in [0.4, 0.5) is 0 Å². The van der Waals surface area contributed by atoms with Crippen molar-refractivity contribution in [1.29, 1.82) is 0 Å². The lowest BCUT2D eigenvalue weighted by molar-refractivity contribution is -0.179. The normalized spacial score (nSPS) is 33.0. The summed E-state index contributed by atoms with van der Waals surface area (Å²) in [5.74, 6) is 0.636. The van der Waals surface area contributed by atoms with E-state index in [0.717, 1.165) is 32.0 Å². The number of rotatable bonds is 3. The highest BCUT2D eigenvalue weighted by Gasteiger charge is 2.40. The van der Waals surface area contributed by atoms with E-state index >= 15 is 0 Å². The maximum atomic E-state index is 5.78. The van der Waals surface area contributed by atoms with Gasteiger partial charge in [-0.3, -0.25) is 0 Å². The molecule has 0 aromatic heterocycles. The van der Waals surface area contributed by atoms with Crippen molar-refractivity contribution in [3.8, 4) is 0 Å². The Morgan fingerprint density at radius 3 is 2.58 bits per heavy atom. The fourth-order valence-electron chi connectivity index (χ4n) is 3.82. The topological polar surface area (TPSA) is 33.7 Å². The molecule has 2 aliphatic heterocycles. The highest BCUT2D eigenvalue weighted by atomic mass is 16.7. The largest absolute Gasteiger partial charge is 0.348 e. The van der Waals surface area contributed by atoms with Crippen molar-refractivity contribution < 1.29 is 9.47 Å². The third-order valence-corrected chi connectivity index (χ3v) is 4.98. The van der Waals surface area contributed by atoms with E-state index in [9.17, 15) is 0 Å². The monoisotopic (exact) mass is 268 g/mol. The molecule has 1 aliphatic carbocycles. The third kappa shape index (κ3) is 3.48. The highest BCUT2D eigenvalue weighted by Crippen LogP contribution is 2.35. The van der Waals surface area contributed by atoms with Crippen molar-refractivity contribution in [3.05, 3.63) is 0 Å². The van der Waals surface area contributed by atoms with Crippen LogP contribution in [-0.4, -0.2) is 56.6 Å². The molecule has 3 fully saturated rings. The van der Waals surface area contributed by atoms with Gasteiger partial charge in [-0.2, -0.15) is 0 Å². The van der Waals surface area contributed by atoms with Crippen molar-refractivity contribution in [1.82, 2.24) is 10.2 Å². The second-order valence-corrected chi connectivity index (χ2v) is 6.56. The first-order chi connectivity index (χ1) is 9.26. The number of nitrogens with zero attached hydrogens (tertiary/aromatic N) is 1. The Kier molecular flexibility index (Phi) is 4.42. The van der Waals surface area contributed by atoms with Gasteiger partial charge < -0.3 is 19.7 Å². The smallest absolute Gasteiger partial charge is 0.168 e. The fourth-order valence-corrected chi connectivity index (χ4v) is 3.82. The van der Waals surface area contributed by atoms with Gasteiger partial charge in [0, 0.05) is 25.4 Å². The molecule has 4 nitrogen and oxygen atoms in total. The van der Waals surface area contributed by atoms with Gasteiger partial charge in [0.05, 0.1) is 13.2 Å². The zero-order chi connectivity index (χ0) is 13.1. The van der Waals surface area contributed by atoms with Gasteiger partial charge in [-0.15, -0.1) is 0 Å². The Balaban J connectivity index is 1.37. The van der Waals surface area contributed by atoms with Gasteiger partial charge in [-0.25, -0.2) is 0 Å². The second-order valence-electron chi connectivity index (χ2n) is 6.56. The molecule has 19 heavy (non-hydrogen) atoms. The average molecular weight is 268 g/mol. The number of hydrogen-bond acceptors (Lipinski definition) is 4. The van der Waals surface area contributed by atoms with Crippen LogP contribution >= 0.6 is 0 Å². The minimum Gasteiger partial charge on any atom is -0.348 e. The Morgan fingerprint density at radius 1 is 1.16 bits per heavy atom. The highest BCUT2D eigenvalue weighted by molar-refractivity contribution is 4.86. The molecular formula is C15H28N2O2. The predicted octanol–water partition coefficient (Wildman–Crippen LogP) is 1.60. The van der Waals surface area contributed by atoms with E-state index in [2.05, 4.69) is 17.3 Å². The molecule has 110 valence electrons. The molecule has 0 amide bonds. The number of ether oxygens (including phenoxy) is 2. The first kappa shape index (κ1) is 13.8. The molecule has 1 atom stereocenters. The summed E-state index contributed by atoms with van der Waals surface area (Å²) in [7, 11) is 2.24. The number of nitrogens with one attached hydrogen (secondary N) is 1. The van der Waals surface area contributed by atoms with Crippen LogP contribution < -0.4 is 5.32 Å². The summed E-state index contributed by atoms with van der Waals surface area (Å²) in [5.41, 5.74) is 0. The van der Waals surface area contributed by atoms with Crippen LogP contribution in [-0.2, 0) is 9.47 Å². The van der Waals surface area contributed by atoms with Crippen LogP contribution in [0.15, 0.2) is 0 Å². The molecular weight excluding hydrogens is 240 g/mol. The summed E-state index contributed by atoms with van der Waals surface area (Å²) in [6.07, 6.45) is 7.27. The second kappa shape index (κ2) is 6.08. The van der Waals surface area contributed by atoms with Gasteiger partial charge >= 0.3 is 0 Å². The van der Waals surface area contributed by atoms with Crippen LogP contribution in [0, 0.1) is 5.92 Å². The van der Waals surface area contributed by atoms with E-state index in [4.69, 9.17) is 9.47 Å². The van der Waals surface area contributed by atoms with Gasteiger partial charge in [0.15, 0.2) is 5.79 Å². The Morgan fingerprint density at radius 2 is 1.89 bits per heavy atom. The summed E-state index contributed by atoms with van der Waals surface area (Å²) < 4.78 is 11.6. The average Bonchev–Trinajstić information content (AvgIpc) is 2.87. The van der Waals surface area contributed by atoms with Crippen LogP contribution in [0.2, 0.25) is 0 Å². The van der Waals surface area contributed by atoms with Gasteiger partial charge in [0.25, 0.3) is 0 Å². The molecule has 1 saturated carbocycles. The Labute approximate surface area is 116 Å². The predicted molar refractivity (Wildman–Crippen MR) is 75.1 cm³/mol. The van der Waals surface area contributed by atoms with Crippen LogP contribution in [0.5, 0.6) is 0 Å². The molecule has 2 heterocycles. The molecule has 1 unspecified atom stereocenters. The molecule has 0 aromatic carbocycles. The van der Waals surface area contributed by atoms with Crippen molar-refractivity contribution in [2.24, 2.45) is 5.92 Å². The molecule has 0 aromatic rings. The molecule has 1 N–H and O–H groups in total. The van der Waals surface area contributed by atoms with Crippen molar-refractivity contribution in [2.45, 2.75) is 50.4 Å². The summed E-state index contributed by atoms with van der Waals surface area (Å²) >= 11 is 0. The maximum absolute atomic E-state index is 5.78. The van der Waals surface area contributed by atoms with Crippen LogP contribution in [0.1, 0.15) is 38.5 Å². The quantitative estimate of drug-likeness (QED) is 0.843. The van der Waals surface area contributed by atoms with Crippen molar-refractivity contribution in [3.63, 3.8) is 0 Å². The zero-order valence-electron chi connectivity index (χ0n) is 12.2. The minimum atomic E-state index is -0.205. The number of piperidine rings is 1. The van der Waals surface area contributed by atoms with Gasteiger partial charge in [0.2, 0.25) is 0 Å². The lowest BCUT2D eigenvalue weighted by atomic mass is 9.89. The standard InChI is InChI=1S/C15H28N2O2/c1-17-8-2-3-13(12-17)11-16-14-4-6-15(7-5-14)18-9-10-19-15/h13-14,16H,2-12H2,1H3. The van der Waals surface area contributed by atoms with E-state index in [1.54, 1.807) is 0 Å². The summed E-state index contributed by atoms with van der Waals surface area (Å²) in [4.78, 5) is 2.46. The van der Waals surface area contributed by atoms with Gasteiger partial charge in [0.1, 0.15) is 0 Å².